The second kappa shape index (κ2) is 9.80. The first-order chi connectivity index (χ1) is 17.0. The maximum Gasteiger partial charge on any atom is 0.253 e. The number of likely N-dealkylation sites (N-methyl/N-ethyl adjacent to an activating group) is 1. The minimum atomic E-state index is -0.496. The number of H-pyrrole nitrogens is 1. The monoisotopic (exact) mass is 479 g/mol. The lowest BCUT2D eigenvalue weighted by Gasteiger charge is -2.32. The predicted octanol–water partition coefficient (Wildman–Crippen LogP) is 2.36. The molecule has 3 heterocycles. The summed E-state index contributed by atoms with van der Waals surface area (Å²) in [5, 5.41) is 16.2. The first kappa shape index (κ1) is 22.9. The molecule has 1 aliphatic heterocycles. The molecule has 1 N–H and O–H groups in total. The Kier molecular flexibility index (Phi) is 6.43. The summed E-state index contributed by atoms with van der Waals surface area (Å²) in [5.74, 6) is -0.344. The fourth-order valence-corrected chi connectivity index (χ4v) is 4.01. The number of aromatic amines is 1. The van der Waals surface area contributed by atoms with Gasteiger partial charge < -0.3 is 19.3 Å². The van der Waals surface area contributed by atoms with Gasteiger partial charge in [0, 0.05) is 50.3 Å². The Morgan fingerprint density at radius 1 is 1.11 bits per heavy atom. The van der Waals surface area contributed by atoms with E-state index in [9.17, 15) is 9.18 Å². The van der Waals surface area contributed by atoms with E-state index in [1.54, 1.807) is 36.2 Å². The van der Waals surface area contributed by atoms with Crippen LogP contribution in [-0.2, 0) is 4.74 Å². The average Bonchev–Trinajstić information content (AvgIpc) is 3.51. The highest BCUT2D eigenvalue weighted by Gasteiger charge is 2.21. The zero-order valence-electron chi connectivity index (χ0n) is 19.6. The van der Waals surface area contributed by atoms with Crippen molar-refractivity contribution >= 4 is 16.8 Å². The number of hydrogen-bond donors (Lipinski definition) is 1. The minimum Gasteiger partial charge on any atom is -0.488 e. The number of carbonyl (C=O) groups excluding carboxylic acids is 1. The number of methoxy groups -OCH3 is 1. The summed E-state index contributed by atoms with van der Waals surface area (Å²) in [5.41, 5.74) is 2.97. The summed E-state index contributed by atoms with van der Waals surface area (Å²) in [7, 11) is 3.61. The number of nitrogens with zero attached hydrogens (tertiary/aromatic N) is 6. The van der Waals surface area contributed by atoms with Crippen LogP contribution in [0.5, 0.6) is 5.75 Å². The van der Waals surface area contributed by atoms with Gasteiger partial charge in [-0.15, -0.1) is 5.10 Å². The Morgan fingerprint density at radius 2 is 1.89 bits per heavy atom. The average molecular weight is 480 g/mol. The quantitative estimate of drug-likeness (QED) is 0.406. The minimum absolute atomic E-state index is 0.0273. The van der Waals surface area contributed by atoms with Gasteiger partial charge in [0.25, 0.3) is 5.91 Å². The van der Waals surface area contributed by atoms with Crippen LogP contribution < -0.4 is 4.74 Å². The van der Waals surface area contributed by atoms with Gasteiger partial charge in [0.15, 0.2) is 11.6 Å². The van der Waals surface area contributed by atoms with Crippen molar-refractivity contribution in [3.05, 3.63) is 54.0 Å². The van der Waals surface area contributed by atoms with Crippen LogP contribution in [0.15, 0.2) is 42.6 Å². The van der Waals surface area contributed by atoms with Crippen molar-refractivity contribution < 1.29 is 18.7 Å². The van der Waals surface area contributed by atoms with E-state index in [2.05, 4.69) is 32.5 Å². The zero-order valence-corrected chi connectivity index (χ0v) is 19.6. The number of halogens is 1. The fourth-order valence-electron chi connectivity index (χ4n) is 4.01. The summed E-state index contributed by atoms with van der Waals surface area (Å²) in [6.07, 6.45) is 1.72. The number of piperazine rings is 1. The third-order valence-electron chi connectivity index (χ3n) is 6.07. The number of aromatic nitrogens is 5. The van der Waals surface area contributed by atoms with E-state index in [1.165, 1.54) is 6.07 Å². The second-order valence-electron chi connectivity index (χ2n) is 8.43. The molecule has 0 atom stereocenters. The molecule has 0 bridgehead atoms. The molecule has 4 aromatic rings. The maximum absolute atomic E-state index is 14.6. The molecule has 10 nitrogen and oxygen atoms in total. The molecule has 0 saturated carbocycles. The topological polar surface area (TPSA) is 101 Å². The van der Waals surface area contributed by atoms with Crippen LogP contribution in [-0.4, -0.2) is 94.4 Å². The summed E-state index contributed by atoms with van der Waals surface area (Å²) in [6, 6.07) is 10.2. The van der Waals surface area contributed by atoms with E-state index in [1.807, 2.05) is 17.0 Å². The third-order valence-corrected chi connectivity index (χ3v) is 6.07. The van der Waals surface area contributed by atoms with Crippen molar-refractivity contribution in [2.75, 3.05) is 53.6 Å². The molecule has 182 valence electrons. The van der Waals surface area contributed by atoms with E-state index in [0.29, 0.717) is 34.5 Å². The summed E-state index contributed by atoms with van der Waals surface area (Å²) >= 11 is 0. The number of ether oxygens (including phenoxy) is 2. The van der Waals surface area contributed by atoms with Gasteiger partial charge in [0.2, 0.25) is 0 Å². The SMILES string of the molecule is COCCOc1cc2[nH]nc(-c3cn(-c4ccc(C(=O)N5CCN(C)CC5)cc4)nn3)c2cc1F. The van der Waals surface area contributed by atoms with E-state index in [0.717, 1.165) is 31.9 Å². The first-order valence-electron chi connectivity index (χ1n) is 11.3. The Labute approximate surface area is 201 Å². The Hall–Kier alpha value is -3.83. The van der Waals surface area contributed by atoms with E-state index in [-0.39, 0.29) is 18.3 Å². The van der Waals surface area contributed by atoms with Crippen molar-refractivity contribution in [3.63, 3.8) is 0 Å². The molecular formula is C24H26FN7O3. The Balaban J connectivity index is 1.33. The molecule has 1 saturated heterocycles. The molecule has 2 aromatic carbocycles. The van der Waals surface area contributed by atoms with Gasteiger partial charge in [-0.2, -0.15) is 5.10 Å². The molecule has 5 rings (SSSR count). The van der Waals surface area contributed by atoms with Gasteiger partial charge in [0.1, 0.15) is 18.0 Å². The second-order valence-corrected chi connectivity index (χ2v) is 8.43. The van der Waals surface area contributed by atoms with Gasteiger partial charge in [0.05, 0.1) is 24.0 Å². The van der Waals surface area contributed by atoms with Crippen molar-refractivity contribution in [1.82, 2.24) is 35.0 Å². The molecule has 0 radical (unpaired) electrons. The van der Waals surface area contributed by atoms with Gasteiger partial charge in [-0.1, -0.05) is 5.21 Å². The van der Waals surface area contributed by atoms with Crippen molar-refractivity contribution in [1.29, 1.82) is 0 Å². The van der Waals surface area contributed by atoms with Crippen LogP contribution in [0.1, 0.15) is 10.4 Å². The number of hydrogen-bond acceptors (Lipinski definition) is 7. The van der Waals surface area contributed by atoms with Crippen LogP contribution in [0, 0.1) is 5.82 Å². The molecule has 2 aromatic heterocycles. The van der Waals surface area contributed by atoms with E-state index in [4.69, 9.17) is 9.47 Å². The van der Waals surface area contributed by atoms with Gasteiger partial charge in [-0.25, -0.2) is 9.07 Å². The highest BCUT2D eigenvalue weighted by atomic mass is 19.1. The Morgan fingerprint density at radius 3 is 2.63 bits per heavy atom. The molecule has 1 amide bonds. The molecule has 1 fully saturated rings. The van der Waals surface area contributed by atoms with Crippen LogP contribution in [0.2, 0.25) is 0 Å². The number of carbonyl (C=O) groups is 1. The normalized spacial score (nSPS) is 14.5. The number of fused-ring (bicyclic) bond motifs is 1. The van der Waals surface area contributed by atoms with Gasteiger partial charge >= 0.3 is 0 Å². The van der Waals surface area contributed by atoms with Gasteiger partial charge in [-0.3, -0.25) is 9.89 Å². The number of benzene rings is 2. The lowest BCUT2D eigenvalue weighted by Crippen LogP contribution is -2.47. The van der Waals surface area contributed by atoms with Crippen LogP contribution in [0.4, 0.5) is 4.39 Å². The van der Waals surface area contributed by atoms with E-state index >= 15 is 0 Å². The number of rotatable bonds is 7. The van der Waals surface area contributed by atoms with Crippen molar-refractivity contribution in [3.8, 4) is 22.8 Å². The van der Waals surface area contributed by atoms with Crippen molar-refractivity contribution in [2.24, 2.45) is 0 Å². The van der Waals surface area contributed by atoms with E-state index < -0.39 is 5.82 Å². The lowest BCUT2D eigenvalue weighted by molar-refractivity contribution is 0.0664. The number of amides is 1. The largest absolute Gasteiger partial charge is 0.488 e. The molecule has 1 aliphatic rings. The van der Waals surface area contributed by atoms with Gasteiger partial charge in [-0.05, 0) is 37.4 Å². The Bertz CT molecular complexity index is 1330. The highest BCUT2D eigenvalue weighted by molar-refractivity contribution is 5.94. The molecular weight excluding hydrogens is 453 g/mol. The maximum atomic E-state index is 14.6. The number of nitrogens with one attached hydrogen (secondary N) is 1. The molecule has 11 heteroatoms. The third kappa shape index (κ3) is 4.73. The van der Waals surface area contributed by atoms with Crippen LogP contribution in [0.3, 0.4) is 0 Å². The van der Waals surface area contributed by atoms with Crippen LogP contribution in [0.25, 0.3) is 28.0 Å². The molecule has 35 heavy (non-hydrogen) atoms. The van der Waals surface area contributed by atoms with Crippen LogP contribution >= 0.6 is 0 Å². The lowest BCUT2D eigenvalue weighted by atomic mass is 10.1. The smallest absolute Gasteiger partial charge is 0.253 e. The molecule has 0 unspecified atom stereocenters. The summed E-state index contributed by atoms with van der Waals surface area (Å²) < 4.78 is 26.5. The van der Waals surface area contributed by atoms with Crippen molar-refractivity contribution in [2.45, 2.75) is 0 Å². The first-order valence-corrected chi connectivity index (χ1v) is 11.3. The molecule has 0 aliphatic carbocycles. The molecule has 0 spiro atoms. The summed E-state index contributed by atoms with van der Waals surface area (Å²) in [4.78, 5) is 16.9. The standard InChI is InChI=1S/C24H26FN7O3/c1-30-7-9-31(10-8-30)24(33)16-3-5-17(6-4-16)32-15-21(27-29-32)23-18-13-19(25)22(35-12-11-34-2)14-20(18)26-28-23/h3-6,13-15H,7-12H2,1-2H3,(H,26,28). The zero-order chi connectivity index (χ0) is 24.4. The highest BCUT2D eigenvalue weighted by Crippen LogP contribution is 2.30. The fraction of sp³-hybridized carbons (Fsp3) is 0.333. The predicted molar refractivity (Wildman–Crippen MR) is 127 cm³/mol. The summed E-state index contributed by atoms with van der Waals surface area (Å²) in [6.45, 7) is 3.80.